The zero-order valence-corrected chi connectivity index (χ0v) is 12.8. The Kier molecular flexibility index (Phi) is 7.84. The van der Waals surface area contributed by atoms with Crippen molar-refractivity contribution in [1.82, 2.24) is 5.32 Å². The average Bonchev–Trinajstić information content (AvgIpc) is 2.46. The van der Waals surface area contributed by atoms with Crippen LogP contribution in [0.25, 0.3) is 0 Å². The zero-order valence-electron chi connectivity index (χ0n) is 12.8. The summed E-state index contributed by atoms with van der Waals surface area (Å²) in [4.78, 5) is 0. The van der Waals surface area contributed by atoms with E-state index in [1.165, 1.54) is 0 Å². The monoisotopic (exact) mass is 283 g/mol. The van der Waals surface area contributed by atoms with Crippen molar-refractivity contribution in [2.24, 2.45) is 0 Å². The number of methoxy groups -OCH3 is 3. The van der Waals surface area contributed by atoms with Crippen molar-refractivity contribution in [2.45, 2.75) is 13.3 Å². The first kappa shape index (κ1) is 16.6. The third kappa shape index (κ3) is 5.27. The SMILES string of the molecule is COCCNCCCOc1c(OC)cc(C)cc1OC. The molecule has 1 N–H and O–H groups in total. The van der Waals surface area contributed by atoms with Crippen LogP contribution >= 0.6 is 0 Å². The first-order chi connectivity index (χ1) is 9.72. The summed E-state index contributed by atoms with van der Waals surface area (Å²) in [5.74, 6) is 2.07. The second kappa shape index (κ2) is 9.44. The van der Waals surface area contributed by atoms with E-state index in [-0.39, 0.29) is 0 Å². The molecule has 0 aromatic heterocycles. The van der Waals surface area contributed by atoms with Gasteiger partial charge in [-0.1, -0.05) is 0 Å². The second-order valence-electron chi connectivity index (χ2n) is 4.44. The Bertz CT molecular complexity index is 370. The quantitative estimate of drug-likeness (QED) is 0.666. The van der Waals surface area contributed by atoms with Crippen LogP contribution in [0.3, 0.4) is 0 Å². The molecule has 0 fully saturated rings. The number of aryl methyl sites for hydroxylation is 1. The van der Waals surface area contributed by atoms with Gasteiger partial charge in [0, 0.05) is 13.7 Å². The highest BCUT2D eigenvalue weighted by Gasteiger charge is 2.12. The minimum atomic E-state index is 0.607. The van der Waals surface area contributed by atoms with Crippen LogP contribution in [0.5, 0.6) is 17.2 Å². The van der Waals surface area contributed by atoms with Gasteiger partial charge in [0.1, 0.15) is 0 Å². The molecule has 0 amide bonds. The Morgan fingerprint density at radius 2 is 1.60 bits per heavy atom. The largest absolute Gasteiger partial charge is 0.493 e. The zero-order chi connectivity index (χ0) is 14.8. The molecule has 1 aromatic rings. The molecule has 0 saturated carbocycles. The van der Waals surface area contributed by atoms with E-state index in [0.29, 0.717) is 23.9 Å². The molecule has 0 atom stereocenters. The topological polar surface area (TPSA) is 49.0 Å². The second-order valence-corrected chi connectivity index (χ2v) is 4.44. The van der Waals surface area contributed by atoms with Crippen LogP contribution in [-0.4, -0.2) is 47.6 Å². The van der Waals surface area contributed by atoms with Gasteiger partial charge in [0.15, 0.2) is 11.5 Å². The molecule has 0 aliphatic heterocycles. The van der Waals surface area contributed by atoms with E-state index in [2.05, 4.69) is 5.32 Å². The molecule has 1 aromatic carbocycles. The molecule has 1 rings (SSSR count). The maximum Gasteiger partial charge on any atom is 0.203 e. The smallest absolute Gasteiger partial charge is 0.203 e. The van der Waals surface area contributed by atoms with Gasteiger partial charge in [-0.25, -0.2) is 0 Å². The molecular weight excluding hydrogens is 258 g/mol. The normalized spacial score (nSPS) is 10.4. The molecular formula is C15H25NO4. The number of hydrogen-bond donors (Lipinski definition) is 1. The van der Waals surface area contributed by atoms with Crippen molar-refractivity contribution in [3.05, 3.63) is 17.7 Å². The molecule has 0 aliphatic rings. The lowest BCUT2D eigenvalue weighted by Crippen LogP contribution is -2.21. The fraction of sp³-hybridized carbons (Fsp3) is 0.600. The van der Waals surface area contributed by atoms with Crippen LogP contribution < -0.4 is 19.5 Å². The Morgan fingerprint density at radius 3 is 2.15 bits per heavy atom. The highest BCUT2D eigenvalue weighted by Crippen LogP contribution is 2.38. The maximum absolute atomic E-state index is 5.79. The molecule has 5 heteroatoms. The van der Waals surface area contributed by atoms with E-state index in [1.54, 1.807) is 21.3 Å². The van der Waals surface area contributed by atoms with Crippen LogP contribution in [0.15, 0.2) is 12.1 Å². The molecule has 0 spiro atoms. The molecule has 114 valence electrons. The lowest BCUT2D eigenvalue weighted by molar-refractivity contribution is 0.198. The summed E-state index contributed by atoms with van der Waals surface area (Å²) in [6.45, 7) is 5.07. The van der Waals surface area contributed by atoms with Crippen molar-refractivity contribution in [2.75, 3.05) is 47.6 Å². The van der Waals surface area contributed by atoms with Crippen molar-refractivity contribution >= 4 is 0 Å². The van der Waals surface area contributed by atoms with E-state index < -0.39 is 0 Å². The van der Waals surface area contributed by atoms with Gasteiger partial charge in [0.2, 0.25) is 5.75 Å². The van der Waals surface area contributed by atoms with Gasteiger partial charge < -0.3 is 24.3 Å². The Hall–Kier alpha value is -1.46. The number of nitrogens with one attached hydrogen (secondary N) is 1. The van der Waals surface area contributed by atoms with Crippen molar-refractivity contribution < 1.29 is 18.9 Å². The molecule has 0 heterocycles. The van der Waals surface area contributed by atoms with E-state index in [9.17, 15) is 0 Å². The summed E-state index contributed by atoms with van der Waals surface area (Å²) in [6.07, 6.45) is 0.907. The Morgan fingerprint density at radius 1 is 0.950 bits per heavy atom. The van der Waals surface area contributed by atoms with E-state index >= 15 is 0 Å². The van der Waals surface area contributed by atoms with Gasteiger partial charge in [-0.15, -0.1) is 0 Å². The van der Waals surface area contributed by atoms with Crippen molar-refractivity contribution in [3.8, 4) is 17.2 Å². The number of benzene rings is 1. The Labute approximate surface area is 121 Å². The fourth-order valence-corrected chi connectivity index (χ4v) is 1.82. The van der Waals surface area contributed by atoms with Crippen LogP contribution in [0, 0.1) is 6.92 Å². The predicted octanol–water partition coefficient (Wildman–Crippen LogP) is 2.02. The molecule has 0 saturated heterocycles. The van der Waals surface area contributed by atoms with Gasteiger partial charge in [-0.05, 0) is 37.6 Å². The van der Waals surface area contributed by atoms with Gasteiger partial charge in [0.05, 0.1) is 27.4 Å². The molecule has 0 unspecified atom stereocenters. The standard InChI is InChI=1S/C15H25NO4/c1-12-10-13(18-3)15(14(11-12)19-4)20-8-5-6-16-7-9-17-2/h10-11,16H,5-9H2,1-4H3. The lowest BCUT2D eigenvalue weighted by atomic mass is 10.2. The number of hydrogen-bond acceptors (Lipinski definition) is 5. The van der Waals surface area contributed by atoms with Gasteiger partial charge in [-0.3, -0.25) is 0 Å². The summed E-state index contributed by atoms with van der Waals surface area (Å²) < 4.78 is 21.4. The maximum atomic E-state index is 5.79. The van der Waals surface area contributed by atoms with E-state index in [4.69, 9.17) is 18.9 Å². The van der Waals surface area contributed by atoms with E-state index in [1.807, 2.05) is 19.1 Å². The van der Waals surface area contributed by atoms with Crippen LogP contribution in [0.4, 0.5) is 0 Å². The molecule has 20 heavy (non-hydrogen) atoms. The summed E-state index contributed by atoms with van der Waals surface area (Å²) in [5, 5.41) is 3.27. The average molecular weight is 283 g/mol. The van der Waals surface area contributed by atoms with Gasteiger partial charge >= 0.3 is 0 Å². The molecule has 0 aliphatic carbocycles. The van der Waals surface area contributed by atoms with Crippen LogP contribution in [0.1, 0.15) is 12.0 Å². The third-order valence-corrected chi connectivity index (χ3v) is 2.83. The minimum absolute atomic E-state index is 0.607. The summed E-state index contributed by atoms with van der Waals surface area (Å²) in [7, 11) is 4.96. The first-order valence-corrected chi connectivity index (χ1v) is 6.78. The highest BCUT2D eigenvalue weighted by molar-refractivity contribution is 5.53. The Balaban J connectivity index is 2.46. The van der Waals surface area contributed by atoms with Crippen LogP contribution in [0.2, 0.25) is 0 Å². The highest BCUT2D eigenvalue weighted by atomic mass is 16.5. The summed E-state index contributed by atoms with van der Waals surface area (Å²) in [5.41, 5.74) is 1.08. The van der Waals surface area contributed by atoms with Crippen LogP contribution in [-0.2, 0) is 4.74 Å². The van der Waals surface area contributed by atoms with Gasteiger partial charge in [-0.2, -0.15) is 0 Å². The molecule has 0 bridgehead atoms. The number of ether oxygens (including phenoxy) is 4. The molecule has 0 radical (unpaired) electrons. The molecule has 5 nitrogen and oxygen atoms in total. The van der Waals surface area contributed by atoms with Gasteiger partial charge in [0.25, 0.3) is 0 Å². The lowest BCUT2D eigenvalue weighted by Gasteiger charge is -2.15. The summed E-state index contributed by atoms with van der Waals surface area (Å²) >= 11 is 0. The van der Waals surface area contributed by atoms with Crippen molar-refractivity contribution in [1.29, 1.82) is 0 Å². The van der Waals surface area contributed by atoms with E-state index in [0.717, 1.165) is 31.7 Å². The third-order valence-electron chi connectivity index (χ3n) is 2.83. The fourth-order valence-electron chi connectivity index (χ4n) is 1.82. The number of rotatable bonds is 10. The minimum Gasteiger partial charge on any atom is -0.493 e. The van der Waals surface area contributed by atoms with Crippen molar-refractivity contribution in [3.63, 3.8) is 0 Å². The predicted molar refractivity (Wildman–Crippen MR) is 79.1 cm³/mol. The summed E-state index contributed by atoms with van der Waals surface area (Å²) in [6, 6.07) is 3.88. The first-order valence-electron chi connectivity index (χ1n) is 6.78.